The molecule has 0 saturated heterocycles. The van der Waals surface area contributed by atoms with Gasteiger partial charge in [-0.2, -0.15) is 0 Å². The van der Waals surface area contributed by atoms with E-state index in [1.54, 1.807) is 12.1 Å². The van der Waals surface area contributed by atoms with Gasteiger partial charge in [0, 0.05) is 5.56 Å². The van der Waals surface area contributed by atoms with Crippen molar-refractivity contribution in [1.29, 1.82) is 0 Å². The summed E-state index contributed by atoms with van der Waals surface area (Å²) in [7, 11) is 0. The van der Waals surface area contributed by atoms with Crippen molar-refractivity contribution < 1.29 is 18.7 Å². The minimum absolute atomic E-state index is 0.198. The van der Waals surface area contributed by atoms with E-state index in [0.29, 0.717) is 5.76 Å². The van der Waals surface area contributed by atoms with Gasteiger partial charge in [0.25, 0.3) is 0 Å². The van der Waals surface area contributed by atoms with Crippen molar-refractivity contribution >= 4 is 11.9 Å². The number of benzene rings is 1. The monoisotopic (exact) mass is 214 g/mol. The fourth-order valence-corrected chi connectivity index (χ4v) is 1.70. The third kappa shape index (κ3) is 1.10. The van der Waals surface area contributed by atoms with Crippen LogP contribution in [0.15, 0.2) is 41.0 Å². The quantitative estimate of drug-likeness (QED) is 0.539. The summed E-state index contributed by atoms with van der Waals surface area (Å²) in [6.45, 7) is 0. The zero-order valence-electron chi connectivity index (χ0n) is 8.10. The average Bonchev–Trinajstić information content (AvgIpc) is 2.84. The molecule has 0 atom stereocenters. The normalized spacial score (nSPS) is 13.8. The minimum atomic E-state index is -0.647. The molecule has 1 aromatic carbocycles. The van der Waals surface area contributed by atoms with E-state index in [2.05, 4.69) is 4.74 Å². The number of esters is 2. The highest BCUT2D eigenvalue weighted by Gasteiger charge is 2.35. The van der Waals surface area contributed by atoms with Crippen molar-refractivity contribution in [2.24, 2.45) is 0 Å². The Morgan fingerprint density at radius 2 is 1.69 bits per heavy atom. The van der Waals surface area contributed by atoms with E-state index in [1.807, 2.05) is 18.2 Å². The molecule has 3 rings (SSSR count). The van der Waals surface area contributed by atoms with Crippen LogP contribution in [0.1, 0.15) is 20.7 Å². The van der Waals surface area contributed by atoms with E-state index >= 15 is 0 Å². The molecule has 16 heavy (non-hydrogen) atoms. The summed E-state index contributed by atoms with van der Waals surface area (Å²) in [5.74, 6) is -0.912. The topological polar surface area (TPSA) is 56.5 Å². The molecule has 1 aliphatic rings. The summed E-state index contributed by atoms with van der Waals surface area (Å²) >= 11 is 0. The number of ether oxygens (including phenoxy) is 1. The molecular formula is C12H6O4. The molecule has 0 radical (unpaired) electrons. The summed E-state index contributed by atoms with van der Waals surface area (Å²) in [6, 6.07) is 9.11. The van der Waals surface area contributed by atoms with Gasteiger partial charge >= 0.3 is 11.9 Å². The summed E-state index contributed by atoms with van der Waals surface area (Å²) in [6.07, 6.45) is 1.25. The van der Waals surface area contributed by atoms with Crippen LogP contribution >= 0.6 is 0 Å². The lowest BCUT2D eigenvalue weighted by Gasteiger charge is -1.97. The fraction of sp³-hybridized carbons (Fsp3) is 0. The van der Waals surface area contributed by atoms with Crippen LogP contribution in [0.2, 0.25) is 0 Å². The van der Waals surface area contributed by atoms with Crippen molar-refractivity contribution in [3.8, 4) is 11.3 Å². The molecule has 0 aliphatic carbocycles. The number of hydrogen-bond donors (Lipinski definition) is 0. The summed E-state index contributed by atoms with van der Waals surface area (Å²) < 4.78 is 9.74. The van der Waals surface area contributed by atoms with E-state index in [1.165, 1.54) is 6.26 Å². The summed E-state index contributed by atoms with van der Waals surface area (Å²) in [5.41, 5.74) is 1.16. The predicted molar refractivity (Wildman–Crippen MR) is 53.9 cm³/mol. The number of hydrogen-bond acceptors (Lipinski definition) is 4. The maximum absolute atomic E-state index is 11.4. The Hall–Kier alpha value is -2.36. The van der Waals surface area contributed by atoms with Crippen LogP contribution in [0, 0.1) is 0 Å². The highest BCUT2D eigenvalue weighted by molar-refractivity contribution is 6.17. The van der Waals surface area contributed by atoms with Gasteiger partial charge < -0.3 is 9.15 Å². The molecule has 0 spiro atoms. The fourth-order valence-electron chi connectivity index (χ4n) is 1.70. The molecule has 0 N–H and O–H groups in total. The van der Waals surface area contributed by atoms with Gasteiger partial charge in [-0.25, -0.2) is 9.59 Å². The number of fused-ring (bicyclic) bond motifs is 1. The van der Waals surface area contributed by atoms with E-state index in [0.717, 1.165) is 5.56 Å². The van der Waals surface area contributed by atoms with E-state index in [9.17, 15) is 9.59 Å². The highest BCUT2D eigenvalue weighted by Crippen LogP contribution is 2.32. The van der Waals surface area contributed by atoms with E-state index < -0.39 is 11.9 Å². The van der Waals surface area contributed by atoms with Gasteiger partial charge in [-0.05, 0) is 0 Å². The number of cyclic esters (lactones) is 2. The zero-order valence-corrected chi connectivity index (χ0v) is 8.10. The van der Waals surface area contributed by atoms with Crippen molar-refractivity contribution in [3.63, 3.8) is 0 Å². The minimum Gasteiger partial charge on any atom is -0.462 e. The van der Waals surface area contributed by atoms with Crippen molar-refractivity contribution in [3.05, 3.63) is 47.7 Å². The summed E-state index contributed by atoms with van der Waals surface area (Å²) in [4.78, 5) is 22.6. The van der Waals surface area contributed by atoms with E-state index in [-0.39, 0.29) is 11.1 Å². The number of carbonyl (C=O) groups is 2. The van der Waals surface area contributed by atoms with Crippen LogP contribution in [0.5, 0.6) is 0 Å². The standard InChI is InChI=1S/C12H6O4/c13-11-8-6-15-10(9(8)12(14)16-11)7-4-2-1-3-5-7/h1-6H. The first kappa shape index (κ1) is 8.91. The van der Waals surface area contributed by atoms with Crippen molar-refractivity contribution in [2.45, 2.75) is 0 Å². The molecule has 1 aromatic heterocycles. The lowest BCUT2D eigenvalue weighted by atomic mass is 10.1. The zero-order chi connectivity index (χ0) is 11.1. The molecule has 0 saturated carbocycles. The first-order chi connectivity index (χ1) is 7.77. The second-order valence-corrected chi connectivity index (χ2v) is 3.40. The largest absolute Gasteiger partial charge is 0.462 e. The van der Waals surface area contributed by atoms with Crippen LogP contribution in [0.3, 0.4) is 0 Å². The van der Waals surface area contributed by atoms with Gasteiger partial charge in [0.15, 0.2) is 0 Å². The Balaban J connectivity index is 2.22. The first-order valence-electron chi connectivity index (χ1n) is 4.71. The predicted octanol–water partition coefficient (Wildman–Crippen LogP) is 2.26. The maximum atomic E-state index is 11.4. The Bertz CT molecular complexity index is 580. The lowest BCUT2D eigenvalue weighted by molar-refractivity contribution is 0.0441. The molecule has 2 aromatic rings. The van der Waals surface area contributed by atoms with Gasteiger partial charge in [-0.1, -0.05) is 30.3 Å². The number of furan rings is 1. The molecule has 0 amide bonds. The van der Waals surface area contributed by atoms with Gasteiger partial charge in [0.2, 0.25) is 0 Å². The maximum Gasteiger partial charge on any atom is 0.350 e. The Morgan fingerprint density at radius 1 is 0.938 bits per heavy atom. The smallest absolute Gasteiger partial charge is 0.350 e. The molecule has 0 bridgehead atoms. The molecule has 4 nitrogen and oxygen atoms in total. The molecule has 78 valence electrons. The van der Waals surface area contributed by atoms with Crippen LogP contribution < -0.4 is 0 Å². The van der Waals surface area contributed by atoms with Crippen LogP contribution in [0.4, 0.5) is 0 Å². The number of rotatable bonds is 1. The average molecular weight is 214 g/mol. The summed E-state index contributed by atoms with van der Waals surface area (Å²) in [5, 5.41) is 0. The van der Waals surface area contributed by atoms with Crippen molar-refractivity contribution in [2.75, 3.05) is 0 Å². The second kappa shape index (κ2) is 3.06. The van der Waals surface area contributed by atoms with Gasteiger partial charge in [0.05, 0.1) is 0 Å². The van der Waals surface area contributed by atoms with Gasteiger partial charge in [0.1, 0.15) is 23.2 Å². The van der Waals surface area contributed by atoms with Gasteiger partial charge in [-0.15, -0.1) is 0 Å². The third-order valence-electron chi connectivity index (χ3n) is 2.44. The second-order valence-electron chi connectivity index (χ2n) is 3.40. The lowest BCUT2D eigenvalue weighted by Crippen LogP contribution is -1.98. The van der Waals surface area contributed by atoms with Crippen LogP contribution in [-0.4, -0.2) is 11.9 Å². The Kier molecular flexibility index (Phi) is 1.71. The molecule has 0 fully saturated rings. The molecule has 2 heterocycles. The third-order valence-corrected chi connectivity index (χ3v) is 2.44. The number of carbonyl (C=O) groups excluding carboxylic acids is 2. The van der Waals surface area contributed by atoms with Crippen molar-refractivity contribution in [1.82, 2.24) is 0 Å². The van der Waals surface area contributed by atoms with E-state index in [4.69, 9.17) is 4.42 Å². The Labute approximate surface area is 90.4 Å². The highest BCUT2D eigenvalue weighted by atomic mass is 16.6. The SMILES string of the molecule is O=C1OC(=O)c2c1coc2-c1ccccc1. The molecule has 0 unspecified atom stereocenters. The van der Waals surface area contributed by atoms with Gasteiger partial charge in [-0.3, -0.25) is 0 Å². The molecule has 4 heteroatoms. The van der Waals surface area contributed by atoms with Crippen LogP contribution in [0.25, 0.3) is 11.3 Å². The molecule has 1 aliphatic heterocycles. The first-order valence-corrected chi connectivity index (χ1v) is 4.71. The molecular weight excluding hydrogens is 208 g/mol. The Morgan fingerprint density at radius 3 is 2.44 bits per heavy atom. The van der Waals surface area contributed by atoms with Crippen LogP contribution in [-0.2, 0) is 4.74 Å².